The standard InChI is InChI=1S/C25H29F6N.C2H3N/c1-2-32(16-14-18-7-4-3-5-8-18)15-6-9-19-10-12-20(13-11-19)21-17-22(24(26,27)28)23(21)25(29,30)31;1-2-3/h3-5,7-8,10-13,21-23H,2,6,9,14-17H2,1H3;1H3. The van der Waals surface area contributed by atoms with Gasteiger partial charge in [-0.2, -0.15) is 31.6 Å². The molecule has 1 fully saturated rings. The van der Waals surface area contributed by atoms with Crippen LogP contribution in [-0.4, -0.2) is 36.9 Å². The zero-order chi connectivity index (χ0) is 26.1. The second kappa shape index (κ2) is 13.0. The molecule has 8 heteroatoms. The highest BCUT2D eigenvalue weighted by Crippen LogP contribution is 2.59. The van der Waals surface area contributed by atoms with Crippen LogP contribution in [0.5, 0.6) is 0 Å². The molecule has 0 saturated heterocycles. The number of aryl methyl sites for hydroxylation is 1. The molecule has 0 radical (unpaired) electrons. The van der Waals surface area contributed by atoms with E-state index in [9.17, 15) is 26.3 Å². The molecular formula is C27H32F6N2. The van der Waals surface area contributed by atoms with Gasteiger partial charge in [0.2, 0.25) is 0 Å². The van der Waals surface area contributed by atoms with Crippen molar-refractivity contribution in [1.29, 1.82) is 5.26 Å². The van der Waals surface area contributed by atoms with Crippen LogP contribution in [0.25, 0.3) is 0 Å². The van der Waals surface area contributed by atoms with E-state index in [-0.39, 0.29) is 0 Å². The van der Waals surface area contributed by atoms with Crippen LogP contribution in [0, 0.1) is 23.2 Å². The summed E-state index contributed by atoms with van der Waals surface area (Å²) in [6, 6.07) is 18.7. The molecule has 0 aromatic heterocycles. The monoisotopic (exact) mass is 498 g/mol. The molecule has 0 bridgehead atoms. The highest BCUT2D eigenvalue weighted by Gasteiger charge is 2.64. The van der Waals surface area contributed by atoms with Gasteiger partial charge in [0.05, 0.1) is 17.9 Å². The Hall–Kier alpha value is -2.53. The Balaban J connectivity index is 0.00000137. The number of nitrogens with zero attached hydrogens (tertiary/aromatic N) is 2. The quantitative estimate of drug-likeness (QED) is 0.334. The molecule has 1 saturated carbocycles. The fourth-order valence-corrected chi connectivity index (χ4v) is 4.59. The Bertz CT molecular complexity index is 916. The van der Waals surface area contributed by atoms with E-state index in [4.69, 9.17) is 5.26 Å². The van der Waals surface area contributed by atoms with Crippen molar-refractivity contribution in [2.75, 3.05) is 19.6 Å². The van der Waals surface area contributed by atoms with Crippen molar-refractivity contribution in [2.45, 2.75) is 57.8 Å². The van der Waals surface area contributed by atoms with Crippen LogP contribution in [-0.2, 0) is 12.8 Å². The highest BCUT2D eigenvalue weighted by atomic mass is 19.4. The molecule has 0 spiro atoms. The minimum absolute atomic E-state index is 0.342. The zero-order valence-electron chi connectivity index (χ0n) is 20.0. The number of halogens is 6. The maximum absolute atomic E-state index is 13.2. The third-order valence-electron chi connectivity index (χ3n) is 6.53. The first kappa shape index (κ1) is 28.7. The Morgan fingerprint density at radius 2 is 1.43 bits per heavy atom. The summed E-state index contributed by atoms with van der Waals surface area (Å²) < 4.78 is 78.5. The van der Waals surface area contributed by atoms with Crippen molar-refractivity contribution in [3.63, 3.8) is 0 Å². The van der Waals surface area contributed by atoms with Gasteiger partial charge in [0.1, 0.15) is 0 Å². The molecule has 2 aromatic carbocycles. The van der Waals surface area contributed by atoms with E-state index in [1.54, 1.807) is 30.3 Å². The molecule has 2 nitrogen and oxygen atoms in total. The van der Waals surface area contributed by atoms with Gasteiger partial charge < -0.3 is 4.90 Å². The minimum atomic E-state index is -4.86. The average Bonchev–Trinajstić information content (AvgIpc) is 2.75. The topological polar surface area (TPSA) is 27.0 Å². The maximum atomic E-state index is 13.2. The molecular weight excluding hydrogens is 466 g/mol. The molecule has 0 aliphatic heterocycles. The van der Waals surface area contributed by atoms with Crippen molar-refractivity contribution < 1.29 is 26.3 Å². The summed E-state index contributed by atoms with van der Waals surface area (Å²) in [5.41, 5.74) is 2.63. The number of likely N-dealkylation sites (N-methyl/N-ethyl adjacent to an activating group) is 1. The van der Waals surface area contributed by atoms with Gasteiger partial charge in [-0.05, 0) is 61.4 Å². The van der Waals surface area contributed by atoms with Gasteiger partial charge in [-0.1, -0.05) is 61.5 Å². The Kier molecular flexibility index (Phi) is 10.6. The number of alkyl halides is 6. The molecule has 3 unspecified atom stereocenters. The third-order valence-corrected chi connectivity index (χ3v) is 6.53. The summed E-state index contributed by atoms with van der Waals surface area (Å²) in [5.74, 6) is -5.77. The number of hydrogen-bond donors (Lipinski definition) is 0. The van der Waals surface area contributed by atoms with E-state index >= 15 is 0 Å². The summed E-state index contributed by atoms with van der Waals surface area (Å²) in [7, 11) is 0. The molecule has 3 rings (SSSR count). The van der Waals surface area contributed by atoms with Crippen LogP contribution in [0.1, 0.15) is 49.3 Å². The molecule has 0 amide bonds. The van der Waals surface area contributed by atoms with Crippen molar-refractivity contribution in [3.8, 4) is 6.07 Å². The fourth-order valence-electron chi connectivity index (χ4n) is 4.59. The van der Waals surface area contributed by atoms with E-state index in [1.165, 1.54) is 12.5 Å². The smallest absolute Gasteiger partial charge is 0.303 e. The minimum Gasteiger partial charge on any atom is -0.303 e. The fraction of sp³-hybridized carbons (Fsp3) is 0.519. The number of hydrogen-bond acceptors (Lipinski definition) is 2. The van der Waals surface area contributed by atoms with Crippen LogP contribution >= 0.6 is 0 Å². The van der Waals surface area contributed by atoms with Crippen LogP contribution in [0.15, 0.2) is 54.6 Å². The Morgan fingerprint density at radius 3 is 1.94 bits per heavy atom. The van der Waals surface area contributed by atoms with E-state index in [1.807, 2.05) is 18.2 Å². The van der Waals surface area contributed by atoms with Crippen molar-refractivity contribution in [3.05, 3.63) is 71.3 Å². The average molecular weight is 499 g/mol. The van der Waals surface area contributed by atoms with Crippen LogP contribution in [0.3, 0.4) is 0 Å². The second-order valence-electron chi connectivity index (χ2n) is 8.80. The molecule has 192 valence electrons. The summed E-state index contributed by atoms with van der Waals surface area (Å²) in [6.45, 7) is 6.35. The lowest BCUT2D eigenvalue weighted by atomic mass is 9.61. The van der Waals surface area contributed by atoms with E-state index in [0.717, 1.165) is 44.5 Å². The summed E-state index contributed by atoms with van der Waals surface area (Å²) in [6.07, 6.45) is -7.51. The maximum Gasteiger partial charge on any atom is 0.393 e. The first-order chi connectivity index (χ1) is 16.5. The predicted octanol–water partition coefficient (Wildman–Crippen LogP) is 7.56. The lowest BCUT2D eigenvalue weighted by Gasteiger charge is -2.46. The lowest BCUT2D eigenvalue weighted by Crippen LogP contribution is -2.51. The summed E-state index contributed by atoms with van der Waals surface area (Å²) >= 11 is 0. The summed E-state index contributed by atoms with van der Waals surface area (Å²) in [4.78, 5) is 2.36. The van der Waals surface area contributed by atoms with E-state index in [2.05, 4.69) is 24.0 Å². The third kappa shape index (κ3) is 8.57. The van der Waals surface area contributed by atoms with Gasteiger partial charge in [-0.15, -0.1) is 0 Å². The van der Waals surface area contributed by atoms with Gasteiger partial charge in [0.25, 0.3) is 0 Å². The Morgan fingerprint density at radius 1 is 0.857 bits per heavy atom. The first-order valence-electron chi connectivity index (χ1n) is 11.8. The van der Waals surface area contributed by atoms with Crippen molar-refractivity contribution in [2.24, 2.45) is 11.8 Å². The highest BCUT2D eigenvalue weighted by molar-refractivity contribution is 5.29. The van der Waals surface area contributed by atoms with Gasteiger partial charge in [-0.3, -0.25) is 0 Å². The summed E-state index contributed by atoms with van der Waals surface area (Å²) in [5, 5.41) is 7.32. The number of rotatable bonds is 9. The zero-order valence-corrected chi connectivity index (χ0v) is 20.0. The van der Waals surface area contributed by atoms with Crippen molar-refractivity contribution in [1.82, 2.24) is 4.90 Å². The van der Waals surface area contributed by atoms with E-state index < -0.39 is 36.5 Å². The van der Waals surface area contributed by atoms with Crippen molar-refractivity contribution >= 4 is 0 Å². The Labute approximate surface area is 203 Å². The molecule has 3 atom stereocenters. The molecule has 1 aliphatic rings. The molecule has 2 aromatic rings. The van der Waals surface area contributed by atoms with Crippen LogP contribution < -0.4 is 0 Å². The molecule has 0 N–H and O–H groups in total. The van der Waals surface area contributed by atoms with E-state index in [0.29, 0.717) is 5.56 Å². The first-order valence-corrected chi connectivity index (χ1v) is 11.8. The second-order valence-corrected chi connectivity index (χ2v) is 8.80. The number of benzene rings is 2. The molecule has 1 aliphatic carbocycles. The van der Waals surface area contributed by atoms with Gasteiger partial charge in [0.15, 0.2) is 0 Å². The SMILES string of the molecule is CC#N.CCN(CCCc1ccc(C2CC(C(F)(F)F)C2C(F)(F)F)cc1)CCc1ccccc1. The number of nitriles is 1. The van der Waals surface area contributed by atoms with Gasteiger partial charge >= 0.3 is 12.4 Å². The van der Waals surface area contributed by atoms with Crippen LogP contribution in [0.2, 0.25) is 0 Å². The van der Waals surface area contributed by atoms with Gasteiger partial charge in [0, 0.05) is 13.5 Å². The molecule has 35 heavy (non-hydrogen) atoms. The van der Waals surface area contributed by atoms with Crippen LogP contribution in [0.4, 0.5) is 26.3 Å². The normalized spacial score (nSPS) is 19.9. The lowest BCUT2D eigenvalue weighted by molar-refractivity contribution is -0.292. The van der Waals surface area contributed by atoms with Gasteiger partial charge in [-0.25, -0.2) is 0 Å². The largest absolute Gasteiger partial charge is 0.393 e. The predicted molar refractivity (Wildman–Crippen MR) is 125 cm³/mol. The molecule has 0 heterocycles.